The molecule has 1 amide bonds. The number of rotatable bonds is 4. The Morgan fingerprint density at radius 3 is 2.62 bits per heavy atom. The molecule has 0 aliphatic carbocycles. The molecule has 1 saturated heterocycles. The van der Waals surface area contributed by atoms with Gasteiger partial charge in [-0.25, -0.2) is 9.37 Å². The summed E-state index contributed by atoms with van der Waals surface area (Å²) in [4.78, 5) is 23.4. The van der Waals surface area contributed by atoms with Gasteiger partial charge in [0.1, 0.15) is 5.52 Å². The van der Waals surface area contributed by atoms with Crippen LogP contribution in [0.15, 0.2) is 36.7 Å². The Morgan fingerprint density at radius 2 is 1.97 bits per heavy atom. The molecular formula is C24H28FN7O2. The van der Waals surface area contributed by atoms with E-state index in [1.54, 1.807) is 31.6 Å². The summed E-state index contributed by atoms with van der Waals surface area (Å²) in [5.74, 6) is -0.918. The number of ether oxygens (including phenoxy) is 1. The molecule has 4 aromatic rings. The second-order valence-corrected chi connectivity index (χ2v) is 8.26. The van der Waals surface area contributed by atoms with E-state index in [9.17, 15) is 9.18 Å². The van der Waals surface area contributed by atoms with Gasteiger partial charge in [0, 0.05) is 55.7 Å². The highest BCUT2D eigenvalue weighted by atomic mass is 19.1. The molecule has 3 heterocycles. The Labute approximate surface area is 196 Å². The van der Waals surface area contributed by atoms with Crippen molar-refractivity contribution in [3.8, 4) is 6.01 Å². The van der Waals surface area contributed by atoms with Gasteiger partial charge in [0.2, 0.25) is 0 Å². The summed E-state index contributed by atoms with van der Waals surface area (Å²) in [5, 5.41) is 11.3. The number of anilines is 2. The van der Waals surface area contributed by atoms with Crippen LogP contribution in [0.4, 0.5) is 15.8 Å². The van der Waals surface area contributed by atoms with Crippen LogP contribution < -0.4 is 20.3 Å². The van der Waals surface area contributed by atoms with E-state index in [2.05, 4.69) is 25.7 Å². The first kappa shape index (κ1) is 23.4. The molecule has 0 unspecified atom stereocenters. The molecule has 9 nitrogen and oxygen atoms in total. The smallest absolute Gasteiger partial charge is 0.316 e. The fourth-order valence-corrected chi connectivity index (χ4v) is 3.87. The highest BCUT2D eigenvalue weighted by molar-refractivity contribution is 6.14. The maximum atomic E-state index is 14.3. The lowest BCUT2D eigenvalue weighted by Gasteiger charge is -2.17. The summed E-state index contributed by atoms with van der Waals surface area (Å²) < 4.78 is 21.0. The van der Waals surface area contributed by atoms with Crippen molar-refractivity contribution in [3.63, 3.8) is 0 Å². The lowest BCUT2D eigenvalue weighted by atomic mass is 10.1. The van der Waals surface area contributed by atoms with Crippen molar-refractivity contribution in [2.45, 2.75) is 12.8 Å². The van der Waals surface area contributed by atoms with Crippen LogP contribution in [0.5, 0.6) is 6.01 Å². The van der Waals surface area contributed by atoms with Gasteiger partial charge in [0.25, 0.3) is 5.91 Å². The number of nitrogens with one attached hydrogen (secondary N) is 2. The van der Waals surface area contributed by atoms with E-state index >= 15 is 0 Å². The summed E-state index contributed by atoms with van der Waals surface area (Å²) in [6.07, 6.45) is 6.09. The van der Waals surface area contributed by atoms with Gasteiger partial charge in [-0.1, -0.05) is 0 Å². The predicted molar refractivity (Wildman–Crippen MR) is 131 cm³/mol. The number of aromatic nitrogens is 4. The minimum atomic E-state index is -0.504. The molecule has 178 valence electrons. The van der Waals surface area contributed by atoms with Gasteiger partial charge in [0.15, 0.2) is 5.82 Å². The summed E-state index contributed by atoms with van der Waals surface area (Å²) in [7, 11) is 6.96. The lowest BCUT2D eigenvalue weighted by Crippen LogP contribution is -2.15. The first-order valence-electron chi connectivity index (χ1n) is 11.0. The number of hydrogen-bond acceptors (Lipinski definition) is 7. The van der Waals surface area contributed by atoms with Crippen LogP contribution in [0, 0.1) is 5.82 Å². The van der Waals surface area contributed by atoms with Gasteiger partial charge in [-0.3, -0.25) is 9.48 Å². The highest BCUT2D eigenvalue weighted by Crippen LogP contribution is 2.29. The van der Waals surface area contributed by atoms with Crippen molar-refractivity contribution >= 4 is 39.1 Å². The number of halogens is 1. The number of methoxy groups -OCH3 is 1. The second-order valence-electron chi connectivity index (χ2n) is 8.26. The first-order valence-corrected chi connectivity index (χ1v) is 11.0. The number of carbonyl (C=O) groups is 1. The van der Waals surface area contributed by atoms with Gasteiger partial charge < -0.3 is 20.3 Å². The van der Waals surface area contributed by atoms with Crippen LogP contribution in [0.3, 0.4) is 0 Å². The van der Waals surface area contributed by atoms with E-state index in [1.807, 2.05) is 25.1 Å². The number of benzene rings is 2. The Balaban J connectivity index is 0.000000486. The Kier molecular flexibility index (Phi) is 6.87. The topological polar surface area (TPSA) is 97.2 Å². The Hall–Kier alpha value is -3.79. The van der Waals surface area contributed by atoms with Crippen LogP contribution in [-0.4, -0.2) is 60.0 Å². The van der Waals surface area contributed by atoms with Crippen molar-refractivity contribution in [1.29, 1.82) is 0 Å². The molecule has 2 N–H and O–H groups in total. The molecule has 1 fully saturated rings. The van der Waals surface area contributed by atoms with E-state index in [1.165, 1.54) is 43.8 Å². The number of carbonyl (C=O) groups excluding carboxylic acids is 1. The largest absolute Gasteiger partial charge is 0.467 e. The third-order valence-electron chi connectivity index (χ3n) is 5.51. The molecule has 0 spiro atoms. The van der Waals surface area contributed by atoms with Gasteiger partial charge in [-0.15, -0.1) is 0 Å². The molecule has 1 aliphatic rings. The van der Waals surface area contributed by atoms with Crippen LogP contribution in [-0.2, 0) is 7.05 Å². The number of fused-ring (bicyclic) bond motifs is 2. The van der Waals surface area contributed by atoms with E-state index in [0.717, 1.165) is 5.69 Å². The fourth-order valence-electron chi connectivity index (χ4n) is 3.87. The predicted octanol–water partition coefficient (Wildman–Crippen LogP) is 3.35. The summed E-state index contributed by atoms with van der Waals surface area (Å²) in [5.41, 5.74) is 2.23. The van der Waals surface area contributed by atoms with E-state index in [0.29, 0.717) is 27.5 Å². The van der Waals surface area contributed by atoms with Crippen LogP contribution in [0.1, 0.15) is 23.2 Å². The second kappa shape index (κ2) is 10.0. The summed E-state index contributed by atoms with van der Waals surface area (Å²) >= 11 is 0. The zero-order valence-corrected chi connectivity index (χ0v) is 19.7. The molecule has 10 heteroatoms. The minimum Gasteiger partial charge on any atom is -0.467 e. The standard InChI is InChI=1S/C20H19FN6O2.C4H9N/c1-26(2)16-6-5-13(18-14(16)9-22-20(24-18)29-4)19(28)23-12-7-11-10-27(3)25-17(11)15(21)8-12;1-2-4-5-3-1/h5-10H,1-4H3,(H,23,28);5H,1-4H2. The SMILES string of the molecule is C1CCNC1.COc1ncc2c(N(C)C)ccc(C(=O)Nc3cc(F)c4nn(C)cc4c3)c2n1. The molecule has 34 heavy (non-hydrogen) atoms. The van der Waals surface area contributed by atoms with E-state index in [-0.39, 0.29) is 11.5 Å². The summed E-state index contributed by atoms with van der Waals surface area (Å²) in [6.45, 7) is 2.50. The number of amides is 1. The summed E-state index contributed by atoms with van der Waals surface area (Å²) in [6, 6.07) is 6.58. The minimum absolute atomic E-state index is 0.158. The quantitative estimate of drug-likeness (QED) is 0.477. The molecule has 2 aromatic carbocycles. The van der Waals surface area contributed by atoms with Crippen LogP contribution in [0.2, 0.25) is 0 Å². The molecule has 0 atom stereocenters. The van der Waals surface area contributed by atoms with Crippen molar-refractivity contribution in [3.05, 3.63) is 48.0 Å². The number of aryl methyl sites for hydroxylation is 1. The van der Waals surface area contributed by atoms with E-state index < -0.39 is 11.7 Å². The van der Waals surface area contributed by atoms with Crippen molar-refractivity contribution in [1.82, 2.24) is 25.1 Å². The molecule has 1 aliphatic heterocycles. The van der Waals surface area contributed by atoms with Crippen molar-refractivity contribution in [2.24, 2.45) is 7.05 Å². The maximum Gasteiger partial charge on any atom is 0.316 e. The fraction of sp³-hybridized carbons (Fsp3) is 0.333. The maximum absolute atomic E-state index is 14.3. The number of hydrogen-bond donors (Lipinski definition) is 2. The zero-order chi connectivity index (χ0) is 24.2. The van der Waals surface area contributed by atoms with Gasteiger partial charge in [0.05, 0.1) is 18.2 Å². The molecular weight excluding hydrogens is 437 g/mol. The normalized spacial score (nSPS) is 13.0. The lowest BCUT2D eigenvalue weighted by molar-refractivity contribution is 0.102. The van der Waals surface area contributed by atoms with E-state index in [4.69, 9.17) is 4.74 Å². The van der Waals surface area contributed by atoms with Gasteiger partial charge >= 0.3 is 6.01 Å². The van der Waals surface area contributed by atoms with Crippen LogP contribution in [0.25, 0.3) is 21.8 Å². The van der Waals surface area contributed by atoms with Crippen molar-refractivity contribution < 1.29 is 13.9 Å². The van der Waals surface area contributed by atoms with Crippen molar-refractivity contribution in [2.75, 3.05) is 44.5 Å². The molecule has 0 radical (unpaired) electrons. The third-order valence-corrected chi connectivity index (χ3v) is 5.51. The Morgan fingerprint density at radius 1 is 1.21 bits per heavy atom. The molecule has 0 bridgehead atoms. The molecule has 2 aromatic heterocycles. The highest BCUT2D eigenvalue weighted by Gasteiger charge is 2.17. The van der Waals surface area contributed by atoms with Gasteiger partial charge in [-0.2, -0.15) is 10.1 Å². The van der Waals surface area contributed by atoms with Crippen LogP contribution >= 0.6 is 0 Å². The van der Waals surface area contributed by atoms with Gasteiger partial charge in [-0.05, 0) is 50.2 Å². The third kappa shape index (κ3) is 4.91. The Bertz CT molecular complexity index is 1320. The number of nitrogens with zero attached hydrogens (tertiary/aromatic N) is 5. The zero-order valence-electron chi connectivity index (χ0n) is 19.7. The average molecular weight is 466 g/mol. The molecule has 0 saturated carbocycles. The first-order chi connectivity index (χ1) is 16.4. The average Bonchev–Trinajstić information content (AvgIpc) is 3.51. The monoisotopic (exact) mass is 465 g/mol. The molecule has 5 rings (SSSR count).